The van der Waals surface area contributed by atoms with Crippen LogP contribution in [0.15, 0.2) is 30.3 Å². The normalized spacial score (nSPS) is 23.4. The smallest absolute Gasteiger partial charge is 0.405 e. The van der Waals surface area contributed by atoms with Gasteiger partial charge in [0.1, 0.15) is 11.6 Å². The number of para-hydroxylation sites is 2. The molecule has 12 nitrogen and oxygen atoms in total. The molecule has 6 rings (SSSR count). The van der Waals surface area contributed by atoms with Crippen molar-refractivity contribution in [3.8, 4) is 5.82 Å². The summed E-state index contributed by atoms with van der Waals surface area (Å²) < 4.78 is 40.1. The summed E-state index contributed by atoms with van der Waals surface area (Å²) in [5, 5.41) is 3.50. The lowest BCUT2D eigenvalue weighted by Gasteiger charge is -2.35. The minimum Gasteiger partial charge on any atom is -0.436 e. The Morgan fingerprint density at radius 1 is 1.05 bits per heavy atom. The molecule has 14 heteroatoms. The fourth-order valence-electron chi connectivity index (χ4n) is 5.98. The van der Waals surface area contributed by atoms with Crippen molar-refractivity contribution in [2.45, 2.75) is 56.7 Å². The number of alkyl halides is 2. The summed E-state index contributed by atoms with van der Waals surface area (Å²) in [4.78, 5) is 41.2. The molecule has 0 bridgehead atoms. The number of hydrogen-bond donors (Lipinski definition) is 2. The lowest BCUT2D eigenvalue weighted by Crippen LogP contribution is -2.43. The molecule has 1 aromatic carbocycles. The van der Waals surface area contributed by atoms with Gasteiger partial charge < -0.3 is 30.3 Å². The number of fused-ring (bicyclic) bond motifs is 1. The minimum absolute atomic E-state index is 0.0535. The number of amides is 2. The number of nitrogens with one attached hydrogen (secondary N) is 1. The minimum atomic E-state index is -2.79. The Morgan fingerprint density at radius 2 is 1.80 bits per heavy atom. The number of imidazole rings is 1. The van der Waals surface area contributed by atoms with Gasteiger partial charge in [0, 0.05) is 44.2 Å². The molecule has 218 valence electrons. The number of carbonyl (C=O) groups excluding carboxylic acids is 2. The molecule has 2 aromatic heterocycles. The summed E-state index contributed by atoms with van der Waals surface area (Å²) in [6.07, 6.45) is -1.02. The summed E-state index contributed by atoms with van der Waals surface area (Å²) in [6.45, 7) is 2.76. The van der Waals surface area contributed by atoms with E-state index >= 15 is 0 Å². The zero-order chi connectivity index (χ0) is 28.5. The third-order valence-electron chi connectivity index (χ3n) is 7.94. The van der Waals surface area contributed by atoms with Gasteiger partial charge in [-0.05, 0) is 37.8 Å². The first kappa shape index (κ1) is 27.1. The van der Waals surface area contributed by atoms with E-state index in [2.05, 4.69) is 10.3 Å². The maximum absolute atomic E-state index is 14.1. The Bertz CT molecular complexity index is 1420. The quantitative estimate of drug-likeness (QED) is 0.439. The Kier molecular flexibility index (Phi) is 7.56. The summed E-state index contributed by atoms with van der Waals surface area (Å²) in [6, 6.07) is 8.80. The maximum atomic E-state index is 14.1. The van der Waals surface area contributed by atoms with Gasteiger partial charge in [0.2, 0.25) is 5.95 Å². The van der Waals surface area contributed by atoms with E-state index in [1.54, 1.807) is 35.2 Å². The van der Waals surface area contributed by atoms with Gasteiger partial charge in [-0.15, -0.1) is 0 Å². The Morgan fingerprint density at radius 3 is 2.54 bits per heavy atom. The number of anilines is 2. The molecule has 2 saturated heterocycles. The van der Waals surface area contributed by atoms with Gasteiger partial charge in [0.25, 0.3) is 12.3 Å². The van der Waals surface area contributed by atoms with E-state index in [1.807, 2.05) is 4.90 Å². The van der Waals surface area contributed by atoms with Crippen molar-refractivity contribution in [3.05, 3.63) is 36.2 Å². The molecule has 3 fully saturated rings. The molecule has 0 unspecified atom stereocenters. The van der Waals surface area contributed by atoms with Crippen molar-refractivity contribution >= 4 is 34.8 Å². The van der Waals surface area contributed by atoms with Crippen LogP contribution in [0.4, 0.5) is 25.3 Å². The summed E-state index contributed by atoms with van der Waals surface area (Å²) >= 11 is 0. The van der Waals surface area contributed by atoms with Crippen LogP contribution in [0.25, 0.3) is 16.9 Å². The predicted molar refractivity (Wildman–Crippen MR) is 145 cm³/mol. The molecule has 1 saturated carbocycles. The topological polar surface area (TPSA) is 141 Å². The fraction of sp³-hybridized carbons (Fsp3) is 0.519. The highest BCUT2D eigenvalue weighted by Crippen LogP contribution is 2.32. The van der Waals surface area contributed by atoms with Gasteiger partial charge in [-0.2, -0.15) is 9.97 Å². The van der Waals surface area contributed by atoms with Crippen molar-refractivity contribution in [3.63, 3.8) is 0 Å². The van der Waals surface area contributed by atoms with Gasteiger partial charge in [-0.1, -0.05) is 12.1 Å². The van der Waals surface area contributed by atoms with Crippen molar-refractivity contribution in [2.24, 2.45) is 5.73 Å². The van der Waals surface area contributed by atoms with Crippen molar-refractivity contribution in [1.29, 1.82) is 0 Å². The summed E-state index contributed by atoms with van der Waals surface area (Å²) in [5.41, 5.74) is 6.10. The monoisotopic (exact) mass is 570 g/mol. The van der Waals surface area contributed by atoms with Crippen LogP contribution in [0, 0.1) is 0 Å². The number of primary amides is 1. The number of nitrogens with zero attached hydrogens (tertiary/aromatic N) is 6. The molecule has 1 atom stereocenters. The standard InChI is InChI=1S/C27H32F2N8O4/c28-23(29)24-32-18-3-1-2-4-19(18)37(24)22-15-21(33-27(34-22)35-11-13-40-14-12-35)31-16-5-7-17(8-6-16)36-10-9-20(25(36)38)41-26(30)39/h1-4,15-17,20,23H,5-14H2,(H2,30,39)(H,31,33,34)/t16?,17?,20-/m1/s1. The number of aromatic nitrogens is 4. The van der Waals surface area contributed by atoms with Crippen LogP contribution in [0.5, 0.6) is 0 Å². The number of halogens is 2. The van der Waals surface area contributed by atoms with Gasteiger partial charge >= 0.3 is 6.09 Å². The van der Waals surface area contributed by atoms with Crippen LogP contribution < -0.4 is 16.0 Å². The molecule has 4 heterocycles. The van der Waals surface area contributed by atoms with Gasteiger partial charge in [-0.25, -0.2) is 18.6 Å². The predicted octanol–water partition coefficient (Wildman–Crippen LogP) is 3.01. The molecule has 0 spiro atoms. The Hall–Kier alpha value is -4.07. The molecule has 2 amide bonds. The van der Waals surface area contributed by atoms with Crippen LogP contribution in [0.2, 0.25) is 0 Å². The highest BCUT2D eigenvalue weighted by molar-refractivity contribution is 5.85. The summed E-state index contributed by atoms with van der Waals surface area (Å²) in [7, 11) is 0. The van der Waals surface area contributed by atoms with E-state index in [0.717, 1.165) is 25.7 Å². The lowest BCUT2D eigenvalue weighted by molar-refractivity contribution is -0.137. The number of benzene rings is 1. The van der Waals surface area contributed by atoms with Crippen LogP contribution in [0.1, 0.15) is 44.4 Å². The first-order valence-corrected chi connectivity index (χ1v) is 13.9. The summed E-state index contributed by atoms with van der Waals surface area (Å²) in [5.74, 6) is 0.703. The van der Waals surface area contributed by atoms with E-state index in [4.69, 9.17) is 25.2 Å². The number of morpholine rings is 1. The molecule has 3 aliphatic rings. The molecular weight excluding hydrogens is 538 g/mol. The second-order valence-corrected chi connectivity index (χ2v) is 10.5. The second kappa shape index (κ2) is 11.4. The van der Waals surface area contributed by atoms with E-state index in [9.17, 15) is 18.4 Å². The SMILES string of the molecule is NC(=O)O[C@@H]1CCN(C2CCC(Nc3cc(-n4c(C(F)F)nc5ccccc54)nc(N4CCOCC4)n3)CC2)C1=O. The van der Waals surface area contributed by atoms with Gasteiger partial charge in [-0.3, -0.25) is 9.36 Å². The van der Waals surface area contributed by atoms with Crippen molar-refractivity contribution in [1.82, 2.24) is 24.4 Å². The Balaban J connectivity index is 1.24. The van der Waals surface area contributed by atoms with Crippen LogP contribution >= 0.6 is 0 Å². The number of hydrogen-bond acceptors (Lipinski definition) is 9. The lowest BCUT2D eigenvalue weighted by atomic mass is 9.90. The van der Waals surface area contributed by atoms with Gasteiger partial charge in [0.15, 0.2) is 11.9 Å². The third-order valence-corrected chi connectivity index (χ3v) is 7.94. The first-order valence-electron chi connectivity index (χ1n) is 13.9. The molecule has 3 aromatic rings. The highest BCUT2D eigenvalue weighted by atomic mass is 19.3. The molecule has 41 heavy (non-hydrogen) atoms. The van der Waals surface area contributed by atoms with E-state index < -0.39 is 18.6 Å². The fourth-order valence-corrected chi connectivity index (χ4v) is 5.98. The molecular formula is C27H32F2N8O4. The number of ether oxygens (including phenoxy) is 2. The third kappa shape index (κ3) is 5.60. The van der Waals surface area contributed by atoms with E-state index in [-0.39, 0.29) is 23.8 Å². The number of rotatable bonds is 7. The first-order chi connectivity index (χ1) is 19.9. The van der Waals surface area contributed by atoms with Crippen LogP contribution in [-0.4, -0.2) is 87.5 Å². The van der Waals surface area contributed by atoms with E-state index in [1.165, 1.54) is 4.57 Å². The largest absolute Gasteiger partial charge is 0.436 e. The average Bonchev–Trinajstić information content (AvgIpc) is 3.54. The number of likely N-dealkylation sites (tertiary alicyclic amines) is 1. The number of carbonyl (C=O) groups is 2. The average molecular weight is 571 g/mol. The van der Waals surface area contributed by atoms with Crippen LogP contribution in [-0.2, 0) is 14.3 Å². The van der Waals surface area contributed by atoms with E-state index in [0.29, 0.717) is 67.9 Å². The number of nitrogens with two attached hydrogens (primary N) is 1. The van der Waals surface area contributed by atoms with Crippen molar-refractivity contribution in [2.75, 3.05) is 43.1 Å². The van der Waals surface area contributed by atoms with Crippen LogP contribution in [0.3, 0.4) is 0 Å². The zero-order valence-corrected chi connectivity index (χ0v) is 22.4. The molecule has 2 aliphatic heterocycles. The zero-order valence-electron chi connectivity index (χ0n) is 22.4. The highest BCUT2D eigenvalue weighted by Gasteiger charge is 2.39. The molecule has 0 radical (unpaired) electrons. The van der Waals surface area contributed by atoms with Crippen molar-refractivity contribution < 1.29 is 27.8 Å². The molecule has 1 aliphatic carbocycles. The maximum Gasteiger partial charge on any atom is 0.405 e. The van der Waals surface area contributed by atoms with Gasteiger partial charge in [0.05, 0.1) is 24.2 Å². The Labute approximate surface area is 234 Å². The second-order valence-electron chi connectivity index (χ2n) is 10.5. The molecule has 3 N–H and O–H groups in total.